The van der Waals surface area contributed by atoms with Crippen LogP contribution in [0.3, 0.4) is 0 Å². The Morgan fingerprint density at radius 1 is 1.29 bits per heavy atom. The fourth-order valence-corrected chi connectivity index (χ4v) is 4.04. The molecule has 0 radical (unpaired) electrons. The quantitative estimate of drug-likeness (QED) is 0.882. The molecule has 6 heteroatoms. The summed E-state index contributed by atoms with van der Waals surface area (Å²) in [5, 5.41) is 3.20. The van der Waals surface area contributed by atoms with Crippen LogP contribution in [0.1, 0.15) is 41.1 Å². The summed E-state index contributed by atoms with van der Waals surface area (Å²) >= 11 is 0. The van der Waals surface area contributed by atoms with Crippen LogP contribution in [0.2, 0.25) is 0 Å². The van der Waals surface area contributed by atoms with Crippen molar-refractivity contribution in [3.63, 3.8) is 0 Å². The average molecular weight is 324 g/mol. The second kappa shape index (κ2) is 5.78. The first-order valence-corrected chi connectivity index (χ1v) is 8.31. The molecule has 4 heterocycles. The third-order valence-corrected chi connectivity index (χ3v) is 5.32. The highest BCUT2D eigenvalue weighted by atomic mass is 16.2. The van der Waals surface area contributed by atoms with E-state index in [4.69, 9.17) is 0 Å². The molecule has 24 heavy (non-hydrogen) atoms. The normalized spacial score (nSPS) is 22.6. The molecule has 2 fully saturated rings. The van der Waals surface area contributed by atoms with Gasteiger partial charge in [0.15, 0.2) is 0 Å². The number of hydrogen-bond acceptors (Lipinski definition) is 3. The van der Waals surface area contributed by atoms with Gasteiger partial charge in [0.25, 0.3) is 5.91 Å². The van der Waals surface area contributed by atoms with Crippen molar-refractivity contribution in [2.24, 2.45) is 0 Å². The Kier molecular flexibility index (Phi) is 3.59. The third kappa shape index (κ3) is 2.48. The van der Waals surface area contributed by atoms with Gasteiger partial charge in [0.1, 0.15) is 0 Å². The highest BCUT2D eigenvalue weighted by Crippen LogP contribution is 2.43. The molecule has 0 aromatic carbocycles. The second-order valence-electron chi connectivity index (χ2n) is 6.64. The van der Waals surface area contributed by atoms with Crippen LogP contribution < -0.4 is 5.32 Å². The monoisotopic (exact) mass is 324 g/mol. The minimum Gasteiger partial charge on any atom is -0.367 e. The van der Waals surface area contributed by atoms with Gasteiger partial charge in [0.2, 0.25) is 5.91 Å². The van der Waals surface area contributed by atoms with E-state index in [9.17, 15) is 9.59 Å². The summed E-state index contributed by atoms with van der Waals surface area (Å²) in [5.74, 6) is 0.269. The smallest absolute Gasteiger partial charge is 0.255 e. The molecule has 4 rings (SSSR count). The van der Waals surface area contributed by atoms with Crippen molar-refractivity contribution in [3.8, 4) is 0 Å². The van der Waals surface area contributed by atoms with Crippen LogP contribution in [0, 0.1) is 0 Å². The van der Waals surface area contributed by atoms with E-state index >= 15 is 0 Å². The van der Waals surface area contributed by atoms with Crippen molar-refractivity contribution >= 4 is 11.8 Å². The van der Waals surface area contributed by atoms with Crippen LogP contribution in [0.25, 0.3) is 0 Å². The van der Waals surface area contributed by atoms with Gasteiger partial charge in [-0.25, -0.2) is 0 Å². The molecule has 1 spiro atoms. The minimum atomic E-state index is -0.255. The summed E-state index contributed by atoms with van der Waals surface area (Å²) < 4.78 is 0. The van der Waals surface area contributed by atoms with Crippen molar-refractivity contribution in [2.45, 2.75) is 30.7 Å². The molecule has 2 aromatic rings. The zero-order valence-corrected chi connectivity index (χ0v) is 13.4. The molecule has 2 aromatic heterocycles. The summed E-state index contributed by atoms with van der Waals surface area (Å²) in [6.45, 7) is 1.31. The van der Waals surface area contributed by atoms with Gasteiger partial charge < -0.3 is 15.2 Å². The number of H-pyrrole nitrogens is 1. The van der Waals surface area contributed by atoms with Crippen LogP contribution in [0.4, 0.5) is 0 Å². The zero-order chi connectivity index (χ0) is 16.6. The van der Waals surface area contributed by atoms with Crippen molar-refractivity contribution in [1.82, 2.24) is 20.2 Å². The van der Waals surface area contributed by atoms with Gasteiger partial charge in [-0.15, -0.1) is 0 Å². The van der Waals surface area contributed by atoms with Gasteiger partial charge >= 0.3 is 0 Å². The van der Waals surface area contributed by atoms with E-state index in [1.54, 1.807) is 24.7 Å². The molecule has 1 unspecified atom stereocenters. The number of nitrogens with one attached hydrogen (secondary N) is 2. The van der Waals surface area contributed by atoms with E-state index in [1.165, 1.54) is 0 Å². The summed E-state index contributed by atoms with van der Waals surface area (Å²) in [7, 11) is 0. The highest BCUT2D eigenvalue weighted by Gasteiger charge is 2.49. The van der Waals surface area contributed by atoms with E-state index in [2.05, 4.69) is 15.3 Å². The number of aromatic nitrogens is 2. The van der Waals surface area contributed by atoms with Crippen LogP contribution in [-0.4, -0.2) is 45.3 Å². The van der Waals surface area contributed by atoms with Crippen molar-refractivity contribution < 1.29 is 9.59 Å². The molecule has 2 N–H and O–H groups in total. The van der Waals surface area contributed by atoms with Crippen LogP contribution in [0.15, 0.2) is 43.0 Å². The van der Waals surface area contributed by atoms with Crippen LogP contribution >= 0.6 is 0 Å². The third-order valence-electron chi connectivity index (χ3n) is 5.32. The summed E-state index contributed by atoms with van der Waals surface area (Å²) in [6, 6.07) is 5.75. The minimum absolute atomic E-state index is 0.0494. The Bertz CT molecular complexity index is 734. The van der Waals surface area contributed by atoms with Crippen molar-refractivity contribution in [3.05, 3.63) is 54.1 Å². The molecule has 0 saturated carbocycles. The summed E-state index contributed by atoms with van der Waals surface area (Å²) in [4.78, 5) is 33.6. The maximum absolute atomic E-state index is 12.5. The number of rotatable bonds is 2. The fraction of sp³-hybridized carbons (Fsp3) is 0.389. The lowest BCUT2D eigenvalue weighted by molar-refractivity contribution is -0.120. The van der Waals surface area contributed by atoms with E-state index in [0.29, 0.717) is 25.1 Å². The first-order chi connectivity index (χ1) is 11.7. The number of pyridine rings is 1. The molecule has 124 valence electrons. The van der Waals surface area contributed by atoms with Crippen LogP contribution in [-0.2, 0) is 4.79 Å². The second-order valence-corrected chi connectivity index (χ2v) is 6.64. The lowest BCUT2D eigenvalue weighted by Gasteiger charge is -2.42. The Morgan fingerprint density at radius 3 is 2.79 bits per heavy atom. The topological polar surface area (TPSA) is 78.1 Å². The van der Waals surface area contributed by atoms with Crippen molar-refractivity contribution in [2.75, 3.05) is 13.1 Å². The number of amides is 2. The van der Waals surface area contributed by atoms with E-state index in [0.717, 1.165) is 18.4 Å². The molecule has 2 amide bonds. The first kappa shape index (κ1) is 14.9. The maximum Gasteiger partial charge on any atom is 0.255 e. The SMILES string of the molecule is O=C1CC(c2cccnc2)C2(CCN(C(=O)c3cc[nH]c3)CC2)N1. The summed E-state index contributed by atoms with van der Waals surface area (Å²) in [6.07, 6.45) is 9.12. The molecule has 0 aliphatic carbocycles. The molecule has 2 aliphatic heterocycles. The van der Waals surface area contributed by atoms with E-state index in [-0.39, 0.29) is 23.3 Å². The Balaban J connectivity index is 1.52. The number of hydrogen-bond donors (Lipinski definition) is 2. The predicted octanol–water partition coefficient (Wildman–Crippen LogP) is 1.69. The van der Waals surface area contributed by atoms with E-state index in [1.807, 2.05) is 23.2 Å². The fourth-order valence-electron chi connectivity index (χ4n) is 4.04. The molecular formula is C18H20N4O2. The number of aromatic amines is 1. The molecule has 1 atom stereocenters. The Morgan fingerprint density at radius 2 is 2.12 bits per heavy atom. The van der Waals surface area contributed by atoms with Gasteiger partial charge in [-0.3, -0.25) is 14.6 Å². The largest absolute Gasteiger partial charge is 0.367 e. The van der Waals surface area contributed by atoms with Gasteiger partial charge in [0.05, 0.1) is 11.1 Å². The van der Waals surface area contributed by atoms with Crippen LogP contribution in [0.5, 0.6) is 0 Å². The molecule has 2 aliphatic rings. The van der Waals surface area contributed by atoms with E-state index < -0.39 is 0 Å². The predicted molar refractivity (Wildman–Crippen MR) is 88.4 cm³/mol. The molecule has 6 nitrogen and oxygen atoms in total. The number of carbonyl (C=O) groups excluding carboxylic acids is 2. The van der Waals surface area contributed by atoms with Gasteiger partial charge in [0, 0.05) is 50.2 Å². The molecule has 2 saturated heterocycles. The van der Waals surface area contributed by atoms with Gasteiger partial charge in [-0.2, -0.15) is 0 Å². The number of carbonyl (C=O) groups is 2. The average Bonchev–Trinajstić information content (AvgIpc) is 3.24. The number of piperidine rings is 1. The zero-order valence-electron chi connectivity index (χ0n) is 13.4. The maximum atomic E-state index is 12.5. The number of likely N-dealkylation sites (tertiary alicyclic amines) is 1. The Labute approximate surface area is 140 Å². The molecular weight excluding hydrogens is 304 g/mol. The lowest BCUT2D eigenvalue weighted by Crippen LogP contribution is -2.54. The Hall–Kier alpha value is -2.63. The first-order valence-electron chi connectivity index (χ1n) is 8.31. The van der Waals surface area contributed by atoms with Gasteiger partial charge in [-0.05, 0) is 30.5 Å². The molecule has 0 bridgehead atoms. The highest BCUT2D eigenvalue weighted by molar-refractivity contribution is 5.94. The van der Waals surface area contributed by atoms with Gasteiger partial charge in [-0.1, -0.05) is 6.07 Å². The standard InChI is InChI=1S/C18H20N4O2/c23-16-10-15(13-2-1-6-19-11-13)18(21-16)4-8-22(9-5-18)17(24)14-3-7-20-12-14/h1-3,6-7,11-12,15,20H,4-5,8-10H2,(H,21,23). The lowest BCUT2D eigenvalue weighted by atomic mass is 9.74. The van der Waals surface area contributed by atoms with Crippen molar-refractivity contribution in [1.29, 1.82) is 0 Å². The number of nitrogens with zero attached hydrogens (tertiary/aromatic N) is 2. The summed E-state index contributed by atoms with van der Waals surface area (Å²) in [5.41, 5.74) is 1.53.